The van der Waals surface area contributed by atoms with Crippen LogP contribution in [0.1, 0.15) is 38.4 Å². The van der Waals surface area contributed by atoms with E-state index in [-0.39, 0.29) is 18.0 Å². The maximum absolute atomic E-state index is 12.9. The quantitative estimate of drug-likeness (QED) is 0.723. The van der Waals surface area contributed by atoms with Gasteiger partial charge in [-0.15, -0.1) is 11.3 Å². The van der Waals surface area contributed by atoms with E-state index in [1.54, 1.807) is 11.3 Å². The van der Waals surface area contributed by atoms with Crippen LogP contribution in [0.15, 0.2) is 22.3 Å². The molecule has 0 aliphatic carbocycles. The Morgan fingerprint density at radius 1 is 1.24 bits per heavy atom. The topological polar surface area (TPSA) is 59.6 Å². The fourth-order valence-electron chi connectivity index (χ4n) is 3.58. The van der Waals surface area contributed by atoms with Gasteiger partial charge in [0.15, 0.2) is 0 Å². The Kier molecular flexibility index (Phi) is 4.33. The summed E-state index contributed by atoms with van der Waals surface area (Å²) in [6.45, 7) is 3.63. The molecule has 1 fully saturated rings. The lowest BCUT2D eigenvalue weighted by Crippen LogP contribution is -2.38. The maximum atomic E-state index is 12.9. The summed E-state index contributed by atoms with van der Waals surface area (Å²) >= 11 is 1.61. The predicted octanol–water partition coefficient (Wildman–Crippen LogP) is 2.68. The van der Waals surface area contributed by atoms with Gasteiger partial charge in [0.05, 0.1) is 0 Å². The molecule has 0 N–H and O–H groups in total. The molecular formula is C18H22N4O2S. The zero-order valence-electron chi connectivity index (χ0n) is 14.4. The molecule has 3 aromatic rings. The number of rotatable bonds is 3. The molecule has 0 bridgehead atoms. The molecule has 1 saturated heterocycles. The molecule has 0 saturated carbocycles. The van der Waals surface area contributed by atoms with E-state index in [2.05, 4.69) is 5.10 Å². The summed E-state index contributed by atoms with van der Waals surface area (Å²) in [5.74, 6) is 0.812. The molecule has 132 valence electrons. The standard InChI is InChI=1S/C18H22N4O2S/c1-2-15-19-21(12-16(23)20-8-5-3-4-6-9-20)17(24)14-11-13-7-10-25-18(13)22(14)15/h7,10-11H,2-6,8-9,12H2,1H3. The van der Waals surface area contributed by atoms with E-state index < -0.39 is 0 Å². The Labute approximate surface area is 149 Å². The van der Waals surface area contributed by atoms with Crippen LogP contribution in [0.5, 0.6) is 0 Å². The van der Waals surface area contributed by atoms with E-state index in [9.17, 15) is 9.59 Å². The van der Waals surface area contributed by atoms with E-state index in [1.165, 1.54) is 17.5 Å². The molecule has 0 radical (unpaired) electrons. The van der Waals surface area contributed by atoms with Crippen molar-refractivity contribution in [2.24, 2.45) is 0 Å². The van der Waals surface area contributed by atoms with Crippen molar-refractivity contribution in [3.05, 3.63) is 33.7 Å². The average molecular weight is 358 g/mol. The van der Waals surface area contributed by atoms with Gasteiger partial charge in [-0.05, 0) is 30.4 Å². The van der Waals surface area contributed by atoms with Gasteiger partial charge >= 0.3 is 0 Å². The highest BCUT2D eigenvalue weighted by atomic mass is 32.1. The summed E-state index contributed by atoms with van der Waals surface area (Å²) in [7, 11) is 0. The molecule has 1 aliphatic heterocycles. The first kappa shape index (κ1) is 16.3. The van der Waals surface area contributed by atoms with Crippen LogP contribution >= 0.6 is 11.3 Å². The lowest BCUT2D eigenvalue weighted by atomic mass is 10.2. The van der Waals surface area contributed by atoms with Crippen LogP contribution in [0, 0.1) is 0 Å². The molecule has 0 spiro atoms. The largest absolute Gasteiger partial charge is 0.341 e. The first-order valence-corrected chi connectivity index (χ1v) is 9.83. The lowest BCUT2D eigenvalue weighted by molar-refractivity contribution is -0.132. The second-order valence-electron chi connectivity index (χ2n) is 6.57. The zero-order valence-corrected chi connectivity index (χ0v) is 15.2. The third-order valence-electron chi connectivity index (χ3n) is 4.92. The zero-order chi connectivity index (χ0) is 17.4. The van der Waals surface area contributed by atoms with Gasteiger partial charge in [-0.2, -0.15) is 5.10 Å². The number of aromatic nitrogens is 3. The Morgan fingerprint density at radius 2 is 2.00 bits per heavy atom. The number of hydrogen-bond acceptors (Lipinski definition) is 4. The van der Waals surface area contributed by atoms with Crippen molar-refractivity contribution in [2.45, 2.75) is 45.6 Å². The number of carbonyl (C=O) groups is 1. The first-order chi connectivity index (χ1) is 12.2. The number of likely N-dealkylation sites (tertiary alicyclic amines) is 1. The molecule has 3 aromatic heterocycles. The van der Waals surface area contributed by atoms with Gasteiger partial charge in [0.2, 0.25) is 5.91 Å². The highest BCUT2D eigenvalue weighted by molar-refractivity contribution is 7.16. The van der Waals surface area contributed by atoms with Crippen molar-refractivity contribution in [1.82, 2.24) is 19.1 Å². The first-order valence-electron chi connectivity index (χ1n) is 8.95. The minimum absolute atomic E-state index is 0.00345. The summed E-state index contributed by atoms with van der Waals surface area (Å²) in [6, 6.07) is 3.92. The Morgan fingerprint density at radius 3 is 2.72 bits per heavy atom. The van der Waals surface area contributed by atoms with Gasteiger partial charge in [-0.1, -0.05) is 19.8 Å². The van der Waals surface area contributed by atoms with Crippen molar-refractivity contribution < 1.29 is 4.79 Å². The second kappa shape index (κ2) is 6.63. The minimum atomic E-state index is -0.191. The molecule has 7 heteroatoms. The van der Waals surface area contributed by atoms with E-state index in [1.807, 2.05) is 33.7 Å². The summed E-state index contributed by atoms with van der Waals surface area (Å²) < 4.78 is 3.29. The number of nitrogens with zero attached hydrogens (tertiary/aromatic N) is 4. The van der Waals surface area contributed by atoms with Crippen LogP contribution in [-0.4, -0.2) is 38.1 Å². The molecule has 4 heterocycles. The summed E-state index contributed by atoms with van der Waals surface area (Å²) in [6.07, 6.45) is 5.14. The molecule has 0 atom stereocenters. The van der Waals surface area contributed by atoms with Crippen molar-refractivity contribution in [3.8, 4) is 0 Å². The molecular weight excluding hydrogens is 336 g/mol. The minimum Gasteiger partial charge on any atom is -0.341 e. The highest BCUT2D eigenvalue weighted by Gasteiger charge is 2.19. The average Bonchev–Trinajstić information content (AvgIpc) is 3.09. The van der Waals surface area contributed by atoms with E-state index in [0.29, 0.717) is 11.9 Å². The third kappa shape index (κ3) is 2.86. The van der Waals surface area contributed by atoms with Crippen LogP contribution < -0.4 is 5.56 Å². The smallest absolute Gasteiger partial charge is 0.291 e. The van der Waals surface area contributed by atoms with Crippen LogP contribution in [0.3, 0.4) is 0 Å². The van der Waals surface area contributed by atoms with E-state index in [0.717, 1.165) is 42.0 Å². The molecule has 0 unspecified atom stereocenters. The number of hydrogen-bond donors (Lipinski definition) is 0. The predicted molar refractivity (Wildman–Crippen MR) is 99.3 cm³/mol. The van der Waals surface area contributed by atoms with Gasteiger partial charge in [0.1, 0.15) is 22.7 Å². The summed E-state index contributed by atoms with van der Waals surface area (Å²) in [4.78, 5) is 28.4. The normalized spacial score (nSPS) is 15.8. The number of aryl methyl sites for hydroxylation is 1. The molecule has 25 heavy (non-hydrogen) atoms. The Balaban J connectivity index is 1.73. The van der Waals surface area contributed by atoms with Crippen molar-refractivity contribution in [2.75, 3.05) is 13.1 Å². The second-order valence-corrected chi connectivity index (χ2v) is 7.47. The van der Waals surface area contributed by atoms with E-state index in [4.69, 9.17) is 0 Å². The Bertz CT molecular complexity index is 976. The third-order valence-corrected chi connectivity index (χ3v) is 5.83. The van der Waals surface area contributed by atoms with Gasteiger partial charge in [0.25, 0.3) is 5.56 Å². The molecule has 0 aromatic carbocycles. The number of amides is 1. The fourth-order valence-corrected chi connectivity index (χ4v) is 4.50. The highest BCUT2D eigenvalue weighted by Crippen LogP contribution is 2.24. The number of carbonyl (C=O) groups excluding carboxylic acids is 1. The molecule has 1 aliphatic rings. The number of fused-ring (bicyclic) bond motifs is 3. The van der Waals surface area contributed by atoms with Crippen LogP contribution in [0.25, 0.3) is 15.7 Å². The van der Waals surface area contributed by atoms with E-state index >= 15 is 0 Å². The molecule has 1 amide bonds. The maximum Gasteiger partial charge on any atom is 0.291 e. The fraction of sp³-hybridized carbons (Fsp3) is 0.500. The SMILES string of the molecule is CCc1nn(CC(=O)N2CCCCCC2)c(=O)c2cc3ccsc3n12. The van der Waals surface area contributed by atoms with Crippen molar-refractivity contribution in [1.29, 1.82) is 0 Å². The van der Waals surface area contributed by atoms with Gasteiger partial charge in [0, 0.05) is 24.9 Å². The Hall–Kier alpha value is -2.15. The van der Waals surface area contributed by atoms with Crippen molar-refractivity contribution >= 4 is 33.0 Å². The van der Waals surface area contributed by atoms with Gasteiger partial charge in [-0.3, -0.25) is 14.0 Å². The molecule has 4 rings (SSSR count). The van der Waals surface area contributed by atoms with Gasteiger partial charge < -0.3 is 4.90 Å². The van der Waals surface area contributed by atoms with Crippen LogP contribution in [-0.2, 0) is 17.8 Å². The molecule has 6 nitrogen and oxygen atoms in total. The van der Waals surface area contributed by atoms with Crippen LogP contribution in [0.4, 0.5) is 0 Å². The number of thiophene rings is 1. The lowest BCUT2D eigenvalue weighted by Gasteiger charge is -2.20. The van der Waals surface area contributed by atoms with Gasteiger partial charge in [-0.25, -0.2) is 4.68 Å². The van der Waals surface area contributed by atoms with Crippen LogP contribution in [0.2, 0.25) is 0 Å². The van der Waals surface area contributed by atoms with Crippen molar-refractivity contribution in [3.63, 3.8) is 0 Å². The summed E-state index contributed by atoms with van der Waals surface area (Å²) in [5, 5.41) is 7.58. The monoisotopic (exact) mass is 358 g/mol. The summed E-state index contributed by atoms with van der Waals surface area (Å²) in [5.41, 5.74) is 0.418.